The van der Waals surface area contributed by atoms with E-state index in [2.05, 4.69) is 17.6 Å². The molecular formula is C15H20ClN3O2. The fourth-order valence-corrected chi connectivity index (χ4v) is 2.83. The van der Waals surface area contributed by atoms with Crippen LogP contribution in [0.2, 0.25) is 0 Å². The maximum Gasteiger partial charge on any atom is 0.254 e. The first-order valence-corrected chi connectivity index (χ1v) is 7.09. The van der Waals surface area contributed by atoms with E-state index in [1.54, 1.807) is 0 Å². The molecule has 0 bridgehead atoms. The minimum absolute atomic E-state index is 0. The van der Waals surface area contributed by atoms with Crippen LogP contribution in [0.1, 0.15) is 29.3 Å². The standard InChI is InChI=1S/C15H19N3O2.ClH/c1-10-9-16-6-7-18(10)15(20)12-2-4-13-11(8-12)3-5-14(19)17-13;/h2,4,8,10,16H,3,5-7,9H2,1H3,(H,17,19);1H/t10-;/m0./s1. The van der Waals surface area contributed by atoms with E-state index < -0.39 is 0 Å². The second-order valence-corrected chi connectivity index (χ2v) is 5.47. The van der Waals surface area contributed by atoms with Crippen LogP contribution in [0.3, 0.4) is 0 Å². The summed E-state index contributed by atoms with van der Waals surface area (Å²) in [7, 11) is 0. The van der Waals surface area contributed by atoms with Crippen LogP contribution in [0.25, 0.3) is 0 Å². The van der Waals surface area contributed by atoms with Crippen LogP contribution in [-0.4, -0.2) is 42.4 Å². The van der Waals surface area contributed by atoms with Crippen molar-refractivity contribution in [1.82, 2.24) is 10.2 Å². The van der Waals surface area contributed by atoms with Gasteiger partial charge < -0.3 is 15.5 Å². The molecule has 0 saturated carbocycles. The van der Waals surface area contributed by atoms with Crippen molar-refractivity contribution in [2.24, 2.45) is 0 Å². The number of hydrogen-bond acceptors (Lipinski definition) is 3. The van der Waals surface area contributed by atoms with Gasteiger partial charge in [-0.2, -0.15) is 0 Å². The Kier molecular flexibility index (Phi) is 4.85. The number of fused-ring (bicyclic) bond motifs is 1. The Morgan fingerprint density at radius 1 is 1.33 bits per heavy atom. The Morgan fingerprint density at radius 3 is 2.90 bits per heavy atom. The van der Waals surface area contributed by atoms with Gasteiger partial charge in [-0.15, -0.1) is 12.4 Å². The number of benzene rings is 1. The van der Waals surface area contributed by atoms with E-state index in [1.165, 1.54) is 0 Å². The molecule has 1 aromatic carbocycles. The van der Waals surface area contributed by atoms with Crippen LogP contribution in [0, 0.1) is 0 Å². The summed E-state index contributed by atoms with van der Waals surface area (Å²) in [6, 6.07) is 5.78. The number of aryl methyl sites for hydroxylation is 1. The molecule has 21 heavy (non-hydrogen) atoms. The summed E-state index contributed by atoms with van der Waals surface area (Å²) in [6.45, 7) is 4.49. The van der Waals surface area contributed by atoms with Crippen molar-refractivity contribution < 1.29 is 9.59 Å². The van der Waals surface area contributed by atoms with Crippen LogP contribution in [0.4, 0.5) is 5.69 Å². The second kappa shape index (κ2) is 6.45. The summed E-state index contributed by atoms with van der Waals surface area (Å²) in [4.78, 5) is 25.8. The lowest BCUT2D eigenvalue weighted by molar-refractivity contribution is -0.116. The van der Waals surface area contributed by atoms with E-state index >= 15 is 0 Å². The SMILES string of the molecule is C[C@H]1CNCCN1C(=O)c1ccc2c(c1)CCC(=O)N2.Cl. The summed E-state index contributed by atoms with van der Waals surface area (Å²) in [5.74, 6) is 0.131. The number of nitrogens with zero attached hydrogens (tertiary/aromatic N) is 1. The molecule has 3 rings (SSSR count). The first kappa shape index (κ1) is 15.8. The van der Waals surface area contributed by atoms with Crippen LogP contribution in [-0.2, 0) is 11.2 Å². The van der Waals surface area contributed by atoms with E-state index in [-0.39, 0.29) is 30.3 Å². The Labute approximate surface area is 130 Å². The lowest BCUT2D eigenvalue weighted by atomic mass is 9.99. The molecule has 1 fully saturated rings. The van der Waals surface area contributed by atoms with Gasteiger partial charge in [-0.3, -0.25) is 9.59 Å². The highest BCUT2D eigenvalue weighted by Crippen LogP contribution is 2.24. The molecule has 6 heteroatoms. The Bertz CT molecular complexity index is 562. The summed E-state index contributed by atoms with van der Waals surface area (Å²) < 4.78 is 0. The largest absolute Gasteiger partial charge is 0.333 e. The minimum Gasteiger partial charge on any atom is -0.333 e. The smallest absolute Gasteiger partial charge is 0.254 e. The minimum atomic E-state index is 0. The second-order valence-electron chi connectivity index (χ2n) is 5.47. The first-order chi connectivity index (χ1) is 9.65. The maximum atomic E-state index is 12.6. The third-order valence-electron chi connectivity index (χ3n) is 4.01. The number of hydrogen-bond donors (Lipinski definition) is 2. The normalized spacial score (nSPS) is 21.1. The lowest BCUT2D eigenvalue weighted by Crippen LogP contribution is -2.52. The van der Waals surface area contributed by atoms with Crippen molar-refractivity contribution in [3.05, 3.63) is 29.3 Å². The summed E-state index contributed by atoms with van der Waals surface area (Å²) in [5.41, 5.74) is 2.61. The molecule has 0 aliphatic carbocycles. The third kappa shape index (κ3) is 3.19. The van der Waals surface area contributed by atoms with Crippen LogP contribution >= 0.6 is 12.4 Å². The average Bonchev–Trinajstić information content (AvgIpc) is 2.46. The summed E-state index contributed by atoms with van der Waals surface area (Å²) in [6.07, 6.45) is 1.20. The quantitative estimate of drug-likeness (QED) is 0.825. The topological polar surface area (TPSA) is 61.4 Å². The van der Waals surface area contributed by atoms with Crippen molar-refractivity contribution in [2.75, 3.05) is 25.0 Å². The van der Waals surface area contributed by atoms with Gasteiger partial charge in [-0.1, -0.05) is 0 Å². The molecule has 2 aliphatic rings. The van der Waals surface area contributed by atoms with Gasteiger partial charge in [-0.05, 0) is 37.1 Å². The molecule has 2 N–H and O–H groups in total. The molecular weight excluding hydrogens is 290 g/mol. The Hall–Kier alpha value is -1.59. The van der Waals surface area contributed by atoms with Gasteiger partial charge in [0.1, 0.15) is 0 Å². The molecule has 5 nitrogen and oxygen atoms in total. The highest BCUT2D eigenvalue weighted by Gasteiger charge is 2.25. The number of carbonyl (C=O) groups excluding carboxylic acids is 2. The van der Waals surface area contributed by atoms with Gasteiger partial charge in [0.25, 0.3) is 5.91 Å². The number of piperazine rings is 1. The predicted octanol–water partition coefficient (Wildman–Crippen LogP) is 1.43. The zero-order valence-electron chi connectivity index (χ0n) is 12.0. The summed E-state index contributed by atoms with van der Waals surface area (Å²) >= 11 is 0. The predicted molar refractivity (Wildman–Crippen MR) is 84.0 cm³/mol. The third-order valence-corrected chi connectivity index (χ3v) is 4.01. The van der Waals surface area contributed by atoms with Gasteiger partial charge in [0.2, 0.25) is 5.91 Å². The van der Waals surface area contributed by atoms with Crippen molar-refractivity contribution in [2.45, 2.75) is 25.8 Å². The average molecular weight is 310 g/mol. The van der Waals surface area contributed by atoms with E-state index in [4.69, 9.17) is 0 Å². The Morgan fingerprint density at radius 2 is 2.14 bits per heavy atom. The number of rotatable bonds is 1. The lowest BCUT2D eigenvalue weighted by Gasteiger charge is -2.34. The van der Waals surface area contributed by atoms with E-state index in [1.807, 2.05) is 23.1 Å². The number of halogens is 1. The number of nitrogens with one attached hydrogen (secondary N) is 2. The van der Waals surface area contributed by atoms with Crippen LogP contribution in [0.15, 0.2) is 18.2 Å². The van der Waals surface area contributed by atoms with Crippen molar-refractivity contribution >= 4 is 29.9 Å². The van der Waals surface area contributed by atoms with Gasteiger partial charge >= 0.3 is 0 Å². The molecule has 0 aromatic heterocycles. The molecule has 1 atom stereocenters. The molecule has 114 valence electrons. The Balaban J connectivity index is 0.00000161. The van der Waals surface area contributed by atoms with E-state index in [0.717, 1.165) is 30.9 Å². The molecule has 2 amide bonds. The maximum absolute atomic E-state index is 12.6. The van der Waals surface area contributed by atoms with Gasteiger partial charge in [-0.25, -0.2) is 0 Å². The molecule has 1 aromatic rings. The zero-order valence-corrected chi connectivity index (χ0v) is 12.8. The summed E-state index contributed by atoms with van der Waals surface area (Å²) in [5, 5.41) is 6.12. The van der Waals surface area contributed by atoms with Crippen molar-refractivity contribution in [3.63, 3.8) is 0 Å². The number of amides is 2. The van der Waals surface area contributed by atoms with Crippen molar-refractivity contribution in [3.8, 4) is 0 Å². The fraction of sp³-hybridized carbons (Fsp3) is 0.467. The molecule has 2 heterocycles. The van der Waals surface area contributed by atoms with Crippen LogP contribution < -0.4 is 10.6 Å². The number of carbonyl (C=O) groups is 2. The zero-order chi connectivity index (χ0) is 14.1. The highest BCUT2D eigenvalue weighted by atomic mass is 35.5. The molecule has 0 radical (unpaired) electrons. The van der Waals surface area contributed by atoms with Crippen LogP contribution in [0.5, 0.6) is 0 Å². The molecule has 2 aliphatic heterocycles. The number of anilines is 1. The highest BCUT2D eigenvalue weighted by molar-refractivity contribution is 5.98. The van der Waals surface area contributed by atoms with E-state index in [9.17, 15) is 9.59 Å². The monoisotopic (exact) mass is 309 g/mol. The van der Waals surface area contributed by atoms with Gasteiger partial charge in [0, 0.05) is 43.3 Å². The van der Waals surface area contributed by atoms with Crippen molar-refractivity contribution in [1.29, 1.82) is 0 Å². The molecule has 1 saturated heterocycles. The fourth-order valence-electron chi connectivity index (χ4n) is 2.83. The van der Waals surface area contributed by atoms with Gasteiger partial charge in [0.05, 0.1) is 0 Å². The first-order valence-electron chi connectivity index (χ1n) is 7.09. The molecule has 0 spiro atoms. The molecule has 0 unspecified atom stereocenters. The van der Waals surface area contributed by atoms with Gasteiger partial charge in [0.15, 0.2) is 0 Å². The van der Waals surface area contributed by atoms with E-state index in [0.29, 0.717) is 18.4 Å².